The summed E-state index contributed by atoms with van der Waals surface area (Å²) in [7, 11) is -1.84. The lowest BCUT2D eigenvalue weighted by molar-refractivity contribution is -0.120. The van der Waals surface area contributed by atoms with Gasteiger partial charge in [0.1, 0.15) is 18.4 Å². The van der Waals surface area contributed by atoms with Gasteiger partial charge in [0.25, 0.3) is 0 Å². The van der Waals surface area contributed by atoms with Gasteiger partial charge < -0.3 is 10.5 Å². The Balaban J connectivity index is 1.05. The molecule has 0 atom stereocenters. The molecule has 3 aromatic rings. The van der Waals surface area contributed by atoms with Crippen molar-refractivity contribution in [3.63, 3.8) is 0 Å². The predicted molar refractivity (Wildman–Crippen MR) is 167 cm³/mol. The van der Waals surface area contributed by atoms with Crippen LogP contribution in [0.3, 0.4) is 0 Å². The summed E-state index contributed by atoms with van der Waals surface area (Å²) in [6.07, 6.45) is 3.41. The lowest BCUT2D eigenvalue weighted by Crippen LogP contribution is -2.49. The van der Waals surface area contributed by atoms with Gasteiger partial charge in [-0.3, -0.25) is 24.6 Å². The van der Waals surface area contributed by atoms with Crippen LogP contribution >= 0.6 is 0 Å². The van der Waals surface area contributed by atoms with Crippen LogP contribution in [0.4, 0.5) is 10.6 Å². The van der Waals surface area contributed by atoms with Crippen LogP contribution in [0, 0.1) is 11.3 Å². The lowest BCUT2D eigenvalue weighted by Gasteiger charge is -2.32. The Morgan fingerprint density at radius 1 is 1.04 bits per heavy atom. The summed E-state index contributed by atoms with van der Waals surface area (Å²) in [5.41, 5.74) is 8.40. The fourth-order valence-corrected chi connectivity index (χ4v) is 7.88. The monoisotopic (exact) mass is 634 g/mol. The first kappa shape index (κ1) is 31.0. The summed E-state index contributed by atoms with van der Waals surface area (Å²) in [5, 5.41) is 17.4. The number of nitriles is 1. The molecule has 3 aliphatic heterocycles. The molecule has 0 spiro atoms. The Morgan fingerprint density at radius 2 is 1.80 bits per heavy atom. The van der Waals surface area contributed by atoms with E-state index in [0.29, 0.717) is 62.9 Å². The highest BCUT2D eigenvalue weighted by Crippen LogP contribution is 2.34. The molecule has 1 aromatic heterocycles. The van der Waals surface area contributed by atoms with Crippen molar-refractivity contribution < 1.29 is 22.7 Å². The number of hydrogen-bond donors (Lipinski definition) is 2. The van der Waals surface area contributed by atoms with Crippen molar-refractivity contribution in [2.75, 3.05) is 50.8 Å². The molecule has 0 radical (unpaired) electrons. The number of aryl methyl sites for hydroxylation is 1. The summed E-state index contributed by atoms with van der Waals surface area (Å²) in [6, 6.07) is 12.4. The Hall–Kier alpha value is -4.03. The van der Waals surface area contributed by atoms with Crippen molar-refractivity contribution in [1.82, 2.24) is 24.3 Å². The maximum absolute atomic E-state index is 13.2. The third kappa shape index (κ3) is 6.39. The van der Waals surface area contributed by atoms with Crippen molar-refractivity contribution in [1.29, 1.82) is 5.26 Å². The van der Waals surface area contributed by atoms with Crippen molar-refractivity contribution in [3.05, 3.63) is 47.5 Å². The second kappa shape index (κ2) is 12.8. The van der Waals surface area contributed by atoms with Crippen molar-refractivity contribution in [2.24, 2.45) is 12.8 Å². The quantitative estimate of drug-likeness (QED) is 0.378. The number of nitrogens with two attached hydrogens (primary N) is 1. The first-order valence-electron chi connectivity index (χ1n) is 15.4. The number of imide groups is 1. The highest BCUT2D eigenvalue weighted by Gasteiger charge is 2.30. The molecule has 3 saturated heterocycles. The molecule has 45 heavy (non-hydrogen) atoms. The lowest BCUT2D eigenvalue weighted by atomic mass is 9.89. The highest BCUT2D eigenvalue weighted by molar-refractivity contribution is 7.89. The molecule has 4 heterocycles. The SMILES string of the molecule is Cn1nc(N2CCC(=O)NC2=O)c2ccc(C3CCN(CCOc4cc(S(=O)(=O)N5CCC(N)CC5)ccc4C#N)CC3)cc21. The number of nitrogens with one attached hydrogen (secondary N) is 1. The van der Waals surface area contributed by atoms with Crippen LogP contribution in [0.25, 0.3) is 10.9 Å². The summed E-state index contributed by atoms with van der Waals surface area (Å²) in [6.45, 7) is 3.81. The van der Waals surface area contributed by atoms with E-state index in [1.54, 1.807) is 4.68 Å². The molecule has 6 rings (SSSR count). The zero-order valence-corrected chi connectivity index (χ0v) is 26.1. The van der Waals surface area contributed by atoms with Gasteiger partial charge in [0.05, 0.1) is 16.0 Å². The van der Waals surface area contributed by atoms with Crippen molar-refractivity contribution in [3.8, 4) is 11.8 Å². The van der Waals surface area contributed by atoms with Crippen LogP contribution in [0.5, 0.6) is 5.75 Å². The van der Waals surface area contributed by atoms with E-state index in [9.17, 15) is 23.3 Å². The van der Waals surface area contributed by atoms with E-state index < -0.39 is 16.1 Å². The van der Waals surface area contributed by atoms with Crippen LogP contribution in [0.2, 0.25) is 0 Å². The van der Waals surface area contributed by atoms with Gasteiger partial charge in [0.2, 0.25) is 15.9 Å². The van der Waals surface area contributed by atoms with Gasteiger partial charge in [-0.2, -0.15) is 14.7 Å². The molecule has 13 nitrogen and oxygen atoms in total. The van der Waals surface area contributed by atoms with Gasteiger partial charge in [0, 0.05) is 57.1 Å². The van der Waals surface area contributed by atoms with E-state index >= 15 is 0 Å². The number of sulfonamides is 1. The van der Waals surface area contributed by atoms with E-state index in [2.05, 4.69) is 33.5 Å². The van der Waals surface area contributed by atoms with Crippen molar-refractivity contribution in [2.45, 2.75) is 49.0 Å². The van der Waals surface area contributed by atoms with Crippen molar-refractivity contribution >= 4 is 38.7 Å². The Labute approximate surface area is 262 Å². The van der Waals surface area contributed by atoms with Gasteiger partial charge in [0.15, 0.2) is 5.82 Å². The topological polar surface area (TPSA) is 167 Å². The number of urea groups is 1. The number of ether oxygens (including phenoxy) is 1. The maximum Gasteiger partial charge on any atom is 0.329 e. The minimum Gasteiger partial charge on any atom is -0.491 e. The molecule has 0 bridgehead atoms. The Kier molecular flexibility index (Phi) is 8.78. The molecule has 0 saturated carbocycles. The smallest absolute Gasteiger partial charge is 0.329 e. The molecule has 3 N–H and O–H groups in total. The van der Waals surface area contributed by atoms with Crippen LogP contribution in [0.15, 0.2) is 41.3 Å². The van der Waals surface area contributed by atoms with Crippen LogP contribution in [-0.2, 0) is 21.9 Å². The number of aromatic nitrogens is 2. The number of benzene rings is 2. The number of anilines is 1. The first-order valence-corrected chi connectivity index (χ1v) is 16.8. The molecular weight excluding hydrogens is 596 g/mol. The van der Waals surface area contributed by atoms with Gasteiger partial charge in [-0.15, -0.1) is 0 Å². The molecule has 2 aromatic carbocycles. The van der Waals surface area contributed by atoms with E-state index in [0.717, 1.165) is 36.8 Å². The summed E-state index contributed by atoms with van der Waals surface area (Å²) < 4.78 is 35.6. The number of hydrogen-bond acceptors (Lipinski definition) is 9. The van der Waals surface area contributed by atoms with Gasteiger partial charge in [-0.05, 0) is 74.5 Å². The summed E-state index contributed by atoms with van der Waals surface area (Å²) in [5.74, 6) is 0.928. The fourth-order valence-electron chi connectivity index (χ4n) is 6.39. The number of fused-ring (bicyclic) bond motifs is 1. The number of nitrogens with zero attached hydrogens (tertiary/aromatic N) is 6. The molecule has 0 aliphatic carbocycles. The first-order chi connectivity index (χ1) is 21.6. The zero-order valence-electron chi connectivity index (χ0n) is 25.3. The second-order valence-electron chi connectivity index (χ2n) is 12.0. The van der Waals surface area contributed by atoms with E-state index in [1.165, 1.54) is 33.0 Å². The molecule has 3 aliphatic rings. The normalized spacial score (nSPS) is 19.5. The van der Waals surface area contributed by atoms with E-state index in [4.69, 9.17) is 10.5 Å². The maximum atomic E-state index is 13.2. The third-order valence-electron chi connectivity index (χ3n) is 9.10. The molecule has 3 fully saturated rings. The minimum absolute atomic E-state index is 0.0181. The average Bonchev–Trinajstić information content (AvgIpc) is 3.36. The number of likely N-dealkylation sites (tertiary alicyclic amines) is 1. The minimum atomic E-state index is -3.70. The van der Waals surface area contributed by atoms with Gasteiger partial charge in [-0.1, -0.05) is 6.07 Å². The number of piperidine rings is 2. The number of rotatable bonds is 8. The molecular formula is C31H38N8O5S. The van der Waals surface area contributed by atoms with Crippen LogP contribution in [-0.4, -0.2) is 91.3 Å². The zero-order chi connectivity index (χ0) is 31.7. The third-order valence-corrected chi connectivity index (χ3v) is 11.0. The molecule has 14 heteroatoms. The largest absolute Gasteiger partial charge is 0.491 e. The number of carbonyl (C=O) groups is 2. The van der Waals surface area contributed by atoms with Gasteiger partial charge in [-0.25, -0.2) is 13.2 Å². The van der Waals surface area contributed by atoms with Gasteiger partial charge >= 0.3 is 6.03 Å². The average molecular weight is 635 g/mol. The Morgan fingerprint density at radius 3 is 2.51 bits per heavy atom. The van der Waals surface area contributed by atoms with Crippen LogP contribution in [0.1, 0.15) is 49.1 Å². The molecule has 0 unspecified atom stereocenters. The molecule has 238 valence electrons. The van der Waals surface area contributed by atoms with E-state index in [-0.39, 0.29) is 29.0 Å². The second-order valence-corrected chi connectivity index (χ2v) is 13.9. The predicted octanol–water partition coefficient (Wildman–Crippen LogP) is 2.26. The fraction of sp³-hybridized carbons (Fsp3) is 0.484. The highest BCUT2D eigenvalue weighted by atomic mass is 32.2. The van der Waals surface area contributed by atoms with Crippen LogP contribution < -0.4 is 20.7 Å². The Bertz CT molecular complexity index is 1750. The standard InChI is InChI=1S/C31H38N8O5S/c1-36-27-18-22(3-5-26(27)30(35-36)39-15-10-29(40)34-31(39)41)21-6-11-37(12-7-21)16-17-44-28-19-25(4-2-23(28)20-32)45(42,43)38-13-8-24(33)9-14-38/h2-5,18-19,21,24H,6-17,33H2,1H3,(H,34,40,41). The van der Waals surface area contributed by atoms with E-state index in [1.807, 2.05) is 13.1 Å². The number of carbonyl (C=O) groups excluding carboxylic acids is 2. The summed E-state index contributed by atoms with van der Waals surface area (Å²) >= 11 is 0. The summed E-state index contributed by atoms with van der Waals surface area (Å²) in [4.78, 5) is 27.9. The molecule has 3 amide bonds. The number of amides is 3.